The van der Waals surface area contributed by atoms with E-state index in [9.17, 15) is 5.26 Å². The van der Waals surface area contributed by atoms with Crippen LogP contribution in [0.2, 0.25) is 0 Å². The minimum atomic E-state index is 0.644. The summed E-state index contributed by atoms with van der Waals surface area (Å²) in [7, 11) is 0. The number of nitrogens with one attached hydrogen (secondary N) is 1. The van der Waals surface area contributed by atoms with Crippen molar-refractivity contribution in [2.45, 2.75) is 13.0 Å². The molecule has 0 saturated carbocycles. The molecule has 6 nitrogen and oxygen atoms in total. The zero-order valence-electron chi connectivity index (χ0n) is 17.6. The molecule has 0 radical (unpaired) electrons. The number of thiophene rings is 1. The molecule has 7 heteroatoms. The van der Waals surface area contributed by atoms with Crippen LogP contribution in [0, 0.1) is 22.7 Å². The highest BCUT2D eigenvalue weighted by Crippen LogP contribution is 2.30. The van der Waals surface area contributed by atoms with E-state index < -0.39 is 0 Å². The van der Waals surface area contributed by atoms with Crippen molar-refractivity contribution in [3.8, 4) is 34.5 Å². The van der Waals surface area contributed by atoms with E-state index in [0.717, 1.165) is 72.9 Å². The molecule has 4 heterocycles. The summed E-state index contributed by atoms with van der Waals surface area (Å²) in [4.78, 5) is 8.15. The molecule has 1 aliphatic heterocycles. The smallest absolute Gasteiger partial charge is 0.137 e. The standard InChI is InChI=1S/C25H22N6S/c26-13-18-2-4-19(5-3-18)25-23(16-30-10-1-8-28-9-11-30)31-15-20(6-7-24(31)29-25)21-12-22(14-27)32-17-21/h2-7,12,15,17,28H,1,8-11,16H2. The molecule has 0 aliphatic carbocycles. The molecular formula is C25H22N6S. The number of hydrogen-bond acceptors (Lipinski definition) is 6. The van der Waals surface area contributed by atoms with E-state index in [-0.39, 0.29) is 0 Å². The average molecular weight is 439 g/mol. The highest BCUT2D eigenvalue weighted by atomic mass is 32.1. The Morgan fingerprint density at radius 1 is 0.969 bits per heavy atom. The highest BCUT2D eigenvalue weighted by molar-refractivity contribution is 7.10. The first-order valence-electron chi connectivity index (χ1n) is 10.7. The van der Waals surface area contributed by atoms with E-state index in [1.165, 1.54) is 11.3 Å². The number of benzene rings is 1. The van der Waals surface area contributed by atoms with Gasteiger partial charge in [-0.2, -0.15) is 10.5 Å². The van der Waals surface area contributed by atoms with Crippen molar-refractivity contribution >= 4 is 17.0 Å². The number of pyridine rings is 1. The Bertz CT molecular complexity index is 1330. The predicted octanol–water partition coefficient (Wildman–Crippen LogP) is 4.27. The van der Waals surface area contributed by atoms with Gasteiger partial charge in [0, 0.05) is 31.4 Å². The lowest BCUT2D eigenvalue weighted by Crippen LogP contribution is -2.28. The minimum Gasteiger partial charge on any atom is -0.315 e. The van der Waals surface area contributed by atoms with Crippen LogP contribution in [-0.4, -0.2) is 40.5 Å². The molecule has 32 heavy (non-hydrogen) atoms. The normalized spacial score (nSPS) is 14.7. The maximum atomic E-state index is 9.20. The van der Waals surface area contributed by atoms with Crippen LogP contribution in [0.3, 0.4) is 0 Å². The number of aromatic nitrogens is 2. The fourth-order valence-electron chi connectivity index (χ4n) is 4.17. The molecule has 158 valence electrons. The molecule has 4 aromatic rings. The summed E-state index contributed by atoms with van der Waals surface area (Å²) in [6, 6.07) is 18.1. The molecule has 0 unspecified atom stereocenters. The summed E-state index contributed by atoms with van der Waals surface area (Å²) in [6.07, 6.45) is 3.25. The van der Waals surface area contributed by atoms with E-state index in [2.05, 4.69) is 39.0 Å². The van der Waals surface area contributed by atoms with Gasteiger partial charge in [-0.05, 0) is 66.3 Å². The predicted molar refractivity (Wildman–Crippen MR) is 126 cm³/mol. The maximum absolute atomic E-state index is 9.20. The van der Waals surface area contributed by atoms with E-state index in [1.54, 1.807) is 0 Å². The van der Waals surface area contributed by atoms with Gasteiger partial charge in [-0.15, -0.1) is 11.3 Å². The first-order valence-corrected chi connectivity index (χ1v) is 11.6. The van der Waals surface area contributed by atoms with E-state index in [1.807, 2.05) is 41.8 Å². The average Bonchev–Trinajstić information content (AvgIpc) is 3.36. The molecule has 0 bridgehead atoms. The number of fused-ring (bicyclic) bond motifs is 1. The van der Waals surface area contributed by atoms with Crippen LogP contribution < -0.4 is 5.32 Å². The van der Waals surface area contributed by atoms with Crippen molar-refractivity contribution in [2.75, 3.05) is 26.2 Å². The second kappa shape index (κ2) is 8.94. The molecule has 0 amide bonds. The van der Waals surface area contributed by atoms with Crippen LogP contribution >= 0.6 is 11.3 Å². The zero-order valence-corrected chi connectivity index (χ0v) is 18.4. The molecule has 5 rings (SSSR count). The summed E-state index contributed by atoms with van der Waals surface area (Å²) >= 11 is 1.46. The maximum Gasteiger partial charge on any atom is 0.137 e. The largest absolute Gasteiger partial charge is 0.315 e. The Morgan fingerprint density at radius 3 is 2.59 bits per heavy atom. The van der Waals surface area contributed by atoms with Gasteiger partial charge in [0.15, 0.2) is 0 Å². The monoisotopic (exact) mass is 438 g/mol. The Balaban J connectivity index is 1.62. The van der Waals surface area contributed by atoms with Gasteiger partial charge >= 0.3 is 0 Å². The Labute approximate surface area is 191 Å². The van der Waals surface area contributed by atoms with Gasteiger partial charge in [-0.3, -0.25) is 4.90 Å². The van der Waals surface area contributed by atoms with Crippen molar-refractivity contribution in [1.29, 1.82) is 10.5 Å². The minimum absolute atomic E-state index is 0.644. The quantitative estimate of drug-likeness (QED) is 0.515. The van der Waals surface area contributed by atoms with Crippen LogP contribution in [0.25, 0.3) is 28.0 Å². The number of imidazole rings is 1. The third-order valence-electron chi connectivity index (χ3n) is 5.85. The van der Waals surface area contributed by atoms with Gasteiger partial charge in [0.25, 0.3) is 0 Å². The van der Waals surface area contributed by atoms with Crippen LogP contribution in [0.4, 0.5) is 0 Å². The van der Waals surface area contributed by atoms with Crippen LogP contribution in [0.1, 0.15) is 22.6 Å². The highest BCUT2D eigenvalue weighted by Gasteiger charge is 2.19. The second-order valence-electron chi connectivity index (χ2n) is 7.93. The second-order valence-corrected chi connectivity index (χ2v) is 8.84. The number of rotatable bonds is 4. The molecule has 1 N–H and O–H groups in total. The number of hydrogen-bond donors (Lipinski definition) is 1. The SMILES string of the molecule is N#Cc1ccc(-c2nc3ccc(-c4csc(C#N)c4)cn3c2CN2CCCNCC2)cc1. The summed E-state index contributed by atoms with van der Waals surface area (Å²) < 4.78 is 2.19. The molecule has 1 saturated heterocycles. The third kappa shape index (κ3) is 4.02. The number of nitriles is 2. The van der Waals surface area contributed by atoms with Gasteiger partial charge in [-0.1, -0.05) is 12.1 Å². The molecule has 0 spiro atoms. The van der Waals surface area contributed by atoms with Gasteiger partial charge in [0.2, 0.25) is 0 Å². The van der Waals surface area contributed by atoms with Crippen molar-refractivity contribution in [3.63, 3.8) is 0 Å². The lowest BCUT2D eigenvalue weighted by atomic mass is 10.1. The Morgan fingerprint density at radius 2 is 1.81 bits per heavy atom. The lowest BCUT2D eigenvalue weighted by Gasteiger charge is -2.20. The lowest BCUT2D eigenvalue weighted by molar-refractivity contribution is 0.281. The zero-order chi connectivity index (χ0) is 21.9. The van der Waals surface area contributed by atoms with E-state index in [4.69, 9.17) is 10.2 Å². The van der Waals surface area contributed by atoms with Gasteiger partial charge < -0.3 is 9.72 Å². The van der Waals surface area contributed by atoms with Crippen LogP contribution in [-0.2, 0) is 6.54 Å². The summed E-state index contributed by atoms with van der Waals surface area (Å²) in [5.41, 5.74) is 6.76. The molecule has 0 atom stereocenters. The summed E-state index contributed by atoms with van der Waals surface area (Å²) in [6.45, 7) is 4.88. The first kappa shape index (κ1) is 20.4. The molecule has 1 aromatic carbocycles. The molecule has 1 aliphatic rings. The van der Waals surface area contributed by atoms with Crippen LogP contribution in [0.15, 0.2) is 54.0 Å². The van der Waals surface area contributed by atoms with Crippen molar-refractivity contribution in [3.05, 3.63) is 70.2 Å². The van der Waals surface area contributed by atoms with E-state index >= 15 is 0 Å². The van der Waals surface area contributed by atoms with Gasteiger partial charge in [0.1, 0.15) is 16.6 Å². The van der Waals surface area contributed by atoms with Crippen LogP contribution in [0.5, 0.6) is 0 Å². The Kier molecular flexibility index (Phi) is 5.70. The molecular weight excluding hydrogens is 416 g/mol. The summed E-state index contributed by atoms with van der Waals surface area (Å²) in [5.74, 6) is 0. The van der Waals surface area contributed by atoms with Gasteiger partial charge in [-0.25, -0.2) is 4.98 Å². The molecule has 3 aromatic heterocycles. The van der Waals surface area contributed by atoms with Crippen molar-refractivity contribution < 1.29 is 0 Å². The number of nitrogens with zero attached hydrogens (tertiary/aromatic N) is 5. The topological polar surface area (TPSA) is 80.1 Å². The Hall–Kier alpha value is -3.49. The van der Waals surface area contributed by atoms with Gasteiger partial charge in [0.05, 0.1) is 23.0 Å². The molecule has 1 fully saturated rings. The third-order valence-corrected chi connectivity index (χ3v) is 6.69. The van der Waals surface area contributed by atoms with Crippen molar-refractivity contribution in [2.24, 2.45) is 0 Å². The fraction of sp³-hybridized carbons (Fsp3) is 0.240. The first-order chi connectivity index (χ1) is 15.7. The van der Waals surface area contributed by atoms with Crippen molar-refractivity contribution in [1.82, 2.24) is 19.6 Å². The fourth-order valence-corrected chi connectivity index (χ4v) is 4.87. The van der Waals surface area contributed by atoms with E-state index in [0.29, 0.717) is 10.4 Å². The summed E-state index contributed by atoms with van der Waals surface area (Å²) in [5, 5.41) is 23.9.